The highest BCUT2D eigenvalue weighted by molar-refractivity contribution is 5.32. The fourth-order valence-electron chi connectivity index (χ4n) is 2.87. The summed E-state index contributed by atoms with van der Waals surface area (Å²) >= 11 is 0. The zero-order chi connectivity index (χ0) is 13.0. The fourth-order valence-corrected chi connectivity index (χ4v) is 2.87. The molecule has 1 aliphatic heterocycles. The Hall–Kier alpha value is -0.860. The second-order valence-electron chi connectivity index (χ2n) is 5.47. The van der Waals surface area contributed by atoms with Crippen LogP contribution in [0.5, 0.6) is 0 Å². The molecule has 1 atom stereocenters. The van der Waals surface area contributed by atoms with Crippen LogP contribution in [0.25, 0.3) is 0 Å². The summed E-state index contributed by atoms with van der Waals surface area (Å²) in [6.07, 6.45) is 4.62. The Morgan fingerprint density at radius 2 is 2.06 bits per heavy atom. The maximum absolute atomic E-state index is 8.87. The Morgan fingerprint density at radius 3 is 2.78 bits per heavy atom. The van der Waals surface area contributed by atoms with E-state index in [1.54, 1.807) is 0 Å². The van der Waals surface area contributed by atoms with Crippen LogP contribution in [0, 0.1) is 13.8 Å². The maximum Gasteiger partial charge on any atom is 0.0431 e. The molecule has 0 aromatic heterocycles. The fraction of sp³-hybridized carbons (Fsp3) is 0.625. The SMILES string of the molecule is Cc1ccc(C2CCCN2CCCCO)cc1C. The van der Waals surface area contributed by atoms with Gasteiger partial charge < -0.3 is 5.11 Å². The predicted molar refractivity (Wildman–Crippen MR) is 75.8 cm³/mol. The first-order valence-electron chi connectivity index (χ1n) is 7.14. The molecule has 2 rings (SSSR count). The molecule has 1 heterocycles. The van der Waals surface area contributed by atoms with Crippen LogP contribution in [0.3, 0.4) is 0 Å². The molecule has 0 radical (unpaired) electrons. The summed E-state index contributed by atoms with van der Waals surface area (Å²) in [5, 5.41) is 8.87. The van der Waals surface area contributed by atoms with Crippen LogP contribution in [0.2, 0.25) is 0 Å². The standard InChI is InChI=1S/C16H25NO/c1-13-7-8-15(12-14(13)2)16-6-5-10-17(16)9-3-4-11-18/h7-8,12,16,18H,3-6,9-11H2,1-2H3. The second-order valence-corrected chi connectivity index (χ2v) is 5.47. The van der Waals surface area contributed by atoms with Gasteiger partial charge in [-0.25, -0.2) is 0 Å². The highest BCUT2D eigenvalue weighted by atomic mass is 16.2. The Labute approximate surface area is 111 Å². The third kappa shape index (κ3) is 3.12. The van der Waals surface area contributed by atoms with Gasteiger partial charge in [0.1, 0.15) is 0 Å². The van der Waals surface area contributed by atoms with Gasteiger partial charge in [-0.3, -0.25) is 4.90 Å². The molecule has 1 saturated heterocycles. The molecule has 1 aromatic rings. The summed E-state index contributed by atoms with van der Waals surface area (Å²) < 4.78 is 0. The van der Waals surface area contributed by atoms with Gasteiger partial charge in [0, 0.05) is 12.6 Å². The van der Waals surface area contributed by atoms with E-state index in [9.17, 15) is 0 Å². The molecule has 1 aromatic carbocycles. The van der Waals surface area contributed by atoms with Crippen molar-refractivity contribution in [3.05, 3.63) is 34.9 Å². The van der Waals surface area contributed by atoms with E-state index >= 15 is 0 Å². The topological polar surface area (TPSA) is 23.5 Å². The van der Waals surface area contributed by atoms with Crippen LogP contribution in [-0.2, 0) is 0 Å². The Kier molecular flexibility index (Phi) is 4.79. The molecule has 1 fully saturated rings. The molecule has 0 amide bonds. The number of aryl methyl sites for hydroxylation is 2. The van der Waals surface area contributed by atoms with Crippen LogP contribution in [0.4, 0.5) is 0 Å². The first kappa shape index (κ1) is 13.6. The Morgan fingerprint density at radius 1 is 1.22 bits per heavy atom. The van der Waals surface area contributed by atoms with Gasteiger partial charge >= 0.3 is 0 Å². The Bertz CT molecular complexity index is 389. The number of hydrogen-bond acceptors (Lipinski definition) is 2. The number of hydrogen-bond donors (Lipinski definition) is 1. The van der Waals surface area contributed by atoms with Crippen molar-refractivity contribution in [3.63, 3.8) is 0 Å². The van der Waals surface area contributed by atoms with Crippen molar-refractivity contribution in [2.45, 2.75) is 45.6 Å². The van der Waals surface area contributed by atoms with Crippen molar-refractivity contribution in [2.75, 3.05) is 19.7 Å². The van der Waals surface area contributed by atoms with Gasteiger partial charge in [0.25, 0.3) is 0 Å². The molecule has 0 spiro atoms. The van der Waals surface area contributed by atoms with Gasteiger partial charge in [-0.15, -0.1) is 0 Å². The summed E-state index contributed by atoms with van der Waals surface area (Å²) in [6.45, 7) is 7.03. The second kappa shape index (κ2) is 6.35. The third-order valence-electron chi connectivity index (χ3n) is 4.13. The minimum atomic E-state index is 0.322. The molecular weight excluding hydrogens is 222 g/mol. The molecule has 1 aliphatic rings. The van der Waals surface area contributed by atoms with Crippen molar-refractivity contribution in [1.82, 2.24) is 4.90 Å². The molecule has 2 heteroatoms. The quantitative estimate of drug-likeness (QED) is 0.808. The van der Waals surface area contributed by atoms with Crippen molar-refractivity contribution in [1.29, 1.82) is 0 Å². The minimum Gasteiger partial charge on any atom is -0.396 e. The lowest BCUT2D eigenvalue weighted by atomic mass is 9.99. The van der Waals surface area contributed by atoms with E-state index in [1.165, 1.54) is 36.1 Å². The highest BCUT2D eigenvalue weighted by Crippen LogP contribution is 2.32. The van der Waals surface area contributed by atoms with Gasteiger partial charge in [0.05, 0.1) is 0 Å². The summed E-state index contributed by atoms with van der Waals surface area (Å²) in [5.74, 6) is 0. The third-order valence-corrected chi connectivity index (χ3v) is 4.13. The van der Waals surface area contributed by atoms with Crippen LogP contribution in [0.15, 0.2) is 18.2 Å². The summed E-state index contributed by atoms with van der Waals surface area (Å²) in [7, 11) is 0. The molecule has 18 heavy (non-hydrogen) atoms. The number of aliphatic hydroxyl groups excluding tert-OH is 1. The largest absolute Gasteiger partial charge is 0.396 e. The number of rotatable bonds is 5. The maximum atomic E-state index is 8.87. The highest BCUT2D eigenvalue weighted by Gasteiger charge is 2.25. The zero-order valence-electron chi connectivity index (χ0n) is 11.7. The van der Waals surface area contributed by atoms with Crippen LogP contribution in [-0.4, -0.2) is 29.7 Å². The first-order chi connectivity index (χ1) is 8.72. The molecule has 1 N–H and O–H groups in total. The number of unbranched alkanes of at least 4 members (excludes halogenated alkanes) is 1. The lowest BCUT2D eigenvalue weighted by Gasteiger charge is -2.25. The normalized spacial score (nSPS) is 20.5. The monoisotopic (exact) mass is 247 g/mol. The van der Waals surface area contributed by atoms with Gasteiger partial charge in [-0.2, -0.15) is 0 Å². The van der Waals surface area contributed by atoms with Crippen molar-refractivity contribution in [3.8, 4) is 0 Å². The van der Waals surface area contributed by atoms with Gasteiger partial charge in [0.15, 0.2) is 0 Å². The van der Waals surface area contributed by atoms with E-state index in [2.05, 4.69) is 36.9 Å². The number of benzene rings is 1. The summed E-state index contributed by atoms with van der Waals surface area (Å²) in [6, 6.07) is 7.49. The van der Waals surface area contributed by atoms with Crippen molar-refractivity contribution < 1.29 is 5.11 Å². The van der Waals surface area contributed by atoms with E-state index in [-0.39, 0.29) is 0 Å². The molecule has 0 saturated carbocycles. The van der Waals surface area contributed by atoms with Gasteiger partial charge in [0.2, 0.25) is 0 Å². The molecular formula is C16H25NO. The van der Waals surface area contributed by atoms with Crippen molar-refractivity contribution >= 4 is 0 Å². The molecule has 0 aliphatic carbocycles. The van der Waals surface area contributed by atoms with E-state index in [1.807, 2.05) is 0 Å². The summed E-state index contributed by atoms with van der Waals surface area (Å²) in [4.78, 5) is 2.58. The minimum absolute atomic E-state index is 0.322. The average molecular weight is 247 g/mol. The molecule has 2 nitrogen and oxygen atoms in total. The number of nitrogens with zero attached hydrogens (tertiary/aromatic N) is 1. The van der Waals surface area contributed by atoms with E-state index < -0.39 is 0 Å². The Balaban J connectivity index is 2.03. The van der Waals surface area contributed by atoms with Crippen LogP contribution in [0.1, 0.15) is 48.4 Å². The molecule has 0 bridgehead atoms. The smallest absolute Gasteiger partial charge is 0.0431 e. The van der Waals surface area contributed by atoms with Gasteiger partial charge in [-0.1, -0.05) is 18.2 Å². The average Bonchev–Trinajstić information content (AvgIpc) is 2.81. The van der Waals surface area contributed by atoms with E-state index in [0.717, 1.165) is 19.4 Å². The van der Waals surface area contributed by atoms with Crippen LogP contribution < -0.4 is 0 Å². The molecule has 1 unspecified atom stereocenters. The van der Waals surface area contributed by atoms with Gasteiger partial charge in [-0.05, 0) is 69.3 Å². The molecule has 100 valence electrons. The predicted octanol–water partition coefficient (Wildman–Crippen LogP) is 3.21. The summed E-state index contributed by atoms with van der Waals surface area (Å²) in [5.41, 5.74) is 4.25. The lowest BCUT2D eigenvalue weighted by Crippen LogP contribution is -2.24. The van der Waals surface area contributed by atoms with Crippen molar-refractivity contribution in [2.24, 2.45) is 0 Å². The first-order valence-corrected chi connectivity index (χ1v) is 7.14. The number of aliphatic hydroxyl groups is 1. The van der Waals surface area contributed by atoms with Crippen LogP contribution >= 0.6 is 0 Å². The lowest BCUT2D eigenvalue weighted by molar-refractivity contribution is 0.231. The van der Waals surface area contributed by atoms with E-state index in [0.29, 0.717) is 12.6 Å². The van der Waals surface area contributed by atoms with E-state index in [4.69, 9.17) is 5.11 Å². The number of likely N-dealkylation sites (tertiary alicyclic amines) is 1. The zero-order valence-corrected chi connectivity index (χ0v) is 11.7.